The normalized spacial score (nSPS) is 9.79. The number of hydroxylamine groups is 1. The van der Waals surface area contributed by atoms with E-state index >= 15 is 0 Å². The van der Waals surface area contributed by atoms with E-state index in [0.717, 1.165) is 5.56 Å². The molecule has 0 aliphatic heterocycles. The molecule has 0 spiro atoms. The van der Waals surface area contributed by atoms with E-state index in [1.165, 1.54) is 14.2 Å². The Bertz CT molecular complexity index is 461. The van der Waals surface area contributed by atoms with Gasteiger partial charge in [0.05, 0.1) is 20.6 Å². The summed E-state index contributed by atoms with van der Waals surface area (Å²) in [5.41, 5.74) is 7.69. The van der Waals surface area contributed by atoms with Crippen LogP contribution in [0.2, 0.25) is 0 Å². The zero-order chi connectivity index (χ0) is 14.3. The molecule has 19 heavy (non-hydrogen) atoms. The molecule has 0 aliphatic rings. The fraction of sp³-hybridized carbons (Fsp3) is 0.333. The lowest BCUT2D eigenvalue weighted by Gasteiger charge is -2.09. The Labute approximate surface area is 110 Å². The molecule has 0 aromatic heterocycles. The van der Waals surface area contributed by atoms with Crippen molar-refractivity contribution in [1.29, 1.82) is 0 Å². The number of hydrogen-bond donors (Lipinski definition) is 2. The maximum Gasteiger partial charge on any atom is 0.247 e. The molecule has 0 aliphatic carbocycles. The minimum Gasteiger partial charge on any atom is -0.493 e. The molecule has 0 radical (unpaired) electrons. The minimum absolute atomic E-state index is 0.0825. The van der Waals surface area contributed by atoms with Crippen molar-refractivity contribution in [3.63, 3.8) is 0 Å². The first-order valence-electron chi connectivity index (χ1n) is 5.46. The van der Waals surface area contributed by atoms with Gasteiger partial charge in [-0.2, -0.15) is 0 Å². The zero-order valence-electron chi connectivity index (χ0n) is 10.8. The second-order valence-electron chi connectivity index (χ2n) is 3.65. The van der Waals surface area contributed by atoms with Crippen molar-refractivity contribution in [1.82, 2.24) is 5.48 Å². The van der Waals surface area contributed by atoms with Crippen molar-refractivity contribution in [3.05, 3.63) is 23.8 Å². The Morgan fingerprint density at radius 2 is 1.89 bits per heavy atom. The summed E-state index contributed by atoms with van der Waals surface area (Å²) in [4.78, 5) is 26.5. The second kappa shape index (κ2) is 7.22. The molecule has 0 unspecified atom stereocenters. The summed E-state index contributed by atoms with van der Waals surface area (Å²) in [6.07, 6.45) is 0.0825. The molecule has 7 heteroatoms. The van der Waals surface area contributed by atoms with Gasteiger partial charge in [0.25, 0.3) is 0 Å². The van der Waals surface area contributed by atoms with Crippen LogP contribution in [0.5, 0.6) is 11.5 Å². The summed E-state index contributed by atoms with van der Waals surface area (Å²) in [7, 11) is 3.04. The van der Waals surface area contributed by atoms with Gasteiger partial charge in [0.15, 0.2) is 18.1 Å². The molecule has 7 nitrogen and oxygen atoms in total. The molecule has 2 amide bonds. The highest BCUT2D eigenvalue weighted by molar-refractivity contribution is 5.78. The monoisotopic (exact) mass is 268 g/mol. The molecule has 1 aromatic rings. The Morgan fingerprint density at radius 3 is 2.47 bits per heavy atom. The van der Waals surface area contributed by atoms with E-state index in [2.05, 4.69) is 10.3 Å². The lowest BCUT2D eigenvalue weighted by molar-refractivity contribution is -0.137. The number of carbonyl (C=O) groups is 2. The fourth-order valence-corrected chi connectivity index (χ4v) is 1.40. The highest BCUT2D eigenvalue weighted by atomic mass is 16.7. The van der Waals surface area contributed by atoms with Gasteiger partial charge < -0.3 is 15.2 Å². The zero-order valence-corrected chi connectivity index (χ0v) is 10.8. The van der Waals surface area contributed by atoms with Gasteiger partial charge in [0.2, 0.25) is 11.8 Å². The fourth-order valence-electron chi connectivity index (χ4n) is 1.40. The van der Waals surface area contributed by atoms with Crippen molar-refractivity contribution in [2.75, 3.05) is 20.8 Å². The number of methoxy groups -OCH3 is 2. The molecular formula is C12H16N2O5. The number of rotatable bonds is 7. The van der Waals surface area contributed by atoms with Crippen LogP contribution in [0.15, 0.2) is 18.2 Å². The predicted molar refractivity (Wildman–Crippen MR) is 66.5 cm³/mol. The number of ether oxygens (including phenoxy) is 2. The molecule has 0 heterocycles. The standard InChI is InChI=1S/C12H16N2O5/c1-17-9-4-3-8(5-10(9)18-2)6-12(16)14-19-7-11(13)15/h3-5H,6-7H2,1-2H3,(H2,13,15)(H,14,16). The molecule has 0 saturated heterocycles. The lowest BCUT2D eigenvalue weighted by Crippen LogP contribution is -2.30. The van der Waals surface area contributed by atoms with Crippen LogP contribution < -0.4 is 20.7 Å². The number of hydrogen-bond acceptors (Lipinski definition) is 5. The first kappa shape index (κ1) is 14.8. The van der Waals surface area contributed by atoms with E-state index in [1.54, 1.807) is 18.2 Å². The third-order valence-corrected chi connectivity index (χ3v) is 2.21. The third kappa shape index (κ3) is 4.84. The highest BCUT2D eigenvalue weighted by Crippen LogP contribution is 2.27. The van der Waals surface area contributed by atoms with Crippen LogP contribution in [0, 0.1) is 0 Å². The average molecular weight is 268 g/mol. The Balaban J connectivity index is 2.57. The van der Waals surface area contributed by atoms with Crippen LogP contribution >= 0.6 is 0 Å². The van der Waals surface area contributed by atoms with E-state index in [-0.39, 0.29) is 13.0 Å². The number of benzene rings is 1. The topological polar surface area (TPSA) is 99.9 Å². The minimum atomic E-state index is -0.661. The lowest BCUT2D eigenvalue weighted by atomic mass is 10.1. The van der Waals surface area contributed by atoms with Gasteiger partial charge in [-0.25, -0.2) is 5.48 Å². The Hall–Kier alpha value is -2.28. The van der Waals surface area contributed by atoms with E-state index in [0.29, 0.717) is 11.5 Å². The first-order valence-corrected chi connectivity index (χ1v) is 5.46. The summed E-state index contributed by atoms with van der Waals surface area (Å²) >= 11 is 0. The molecule has 0 bridgehead atoms. The van der Waals surface area contributed by atoms with Gasteiger partial charge in [0.1, 0.15) is 0 Å². The largest absolute Gasteiger partial charge is 0.493 e. The Morgan fingerprint density at radius 1 is 1.21 bits per heavy atom. The number of primary amides is 1. The van der Waals surface area contributed by atoms with Crippen LogP contribution in [-0.2, 0) is 20.8 Å². The Kier molecular flexibility index (Phi) is 5.62. The van der Waals surface area contributed by atoms with E-state index in [1.807, 2.05) is 0 Å². The number of nitrogens with two attached hydrogens (primary N) is 1. The predicted octanol–water partition coefficient (Wildman–Crippen LogP) is -0.221. The van der Waals surface area contributed by atoms with Gasteiger partial charge in [-0.05, 0) is 17.7 Å². The molecule has 1 aromatic carbocycles. The van der Waals surface area contributed by atoms with Gasteiger partial charge >= 0.3 is 0 Å². The maximum atomic E-state index is 11.5. The molecule has 3 N–H and O–H groups in total. The molecule has 0 atom stereocenters. The summed E-state index contributed by atoms with van der Waals surface area (Å²) < 4.78 is 10.2. The van der Waals surface area contributed by atoms with Crippen LogP contribution in [0.25, 0.3) is 0 Å². The van der Waals surface area contributed by atoms with Gasteiger partial charge in [-0.15, -0.1) is 0 Å². The van der Waals surface area contributed by atoms with Crippen molar-refractivity contribution < 1.29 is 23.9 Å². The van der Waals surface area contributed by atoms with E-state index in [4.69, 9.17) is 15.2 Å². The quantitative estimate of drug-likeness (QED) is 0.666. The molecule has 0 saturated carbocycles. The van der Waals surface area contributed by atoms with Crippen molar-refractivity contribution in [2.45, 2.75) is 6.42 Å². The van der Waals surface area contributed by atoms with E-state index in [9.17, 15) is 9.59 Å². The SMILES string of the molecule is COc1ccc(CC(=O)NOCC(N)=O)cc1OC. The molecule has 0 fully saturated rings. The molecular weight excluding hydrogens is 252 g/mol. The second-order valence-corrected chi connectivity index (χ2v) is 3.65. The first-order chi connectivity index (χ1) is 9.06. The van der Waals surface area contributed by atoms with Crippen molar-refractivity contribution in [3.8, 4) is 11.5 Å². The summed E-state index contributed by atoms with van der Waals surface area (Å²) in [6.45, 7) is -0.363. The van der Waals surface area contributed by atoms with Gasteiger partial charge in [-0.3, -0.25) is 14.4 Å². The van der Waals surface area contributed by atoms with Crippen LogP contribution in [-0.4, -0.2) is 32.6 Å². The summed E-state index contributed by atoms with van der Waals surface area (Å²) in [5, 5.41) is 0. The highest BCUT2D eigenvalue weighted by Gasteiger charge is 2.08. The van der Waals surface area contributed by atoms with Crippen LogP contribution in [0.3, 0.4) is 0 Å². The van der Waals surface area contributed by atoms with Crippen molar-refractivity contribution in [2.24, 2.45) is 5.73 Å². The molecule has 1 rings (SSSR count). The smallest absolute Gasteiger partial charge is 0.247 e. The van der Waals surface area contributed by atoms with Crippen LogP contribution in [0.1, 0.15) is 5.56 Å². The summed E-state index contributed by atoms with van der Waals surface area (Å²) in [5.74, 6) is 0.0578. The summed E-state index contributed by atoms with van der Waals surface area (Å²) in [6, 6.07) is 5.12. The number of amides is 2. The van der Waals surface area contributed by atoms with E-state index < -0.39 is 11.8 Å². The third-order valence-electron chi connectivity index (χ3n) is 2.21. The van der Waals surface area contributed by atoms with Crippen LogP contribution in [0.4, 0.5) is 0 Å². The van der Waals surface area contributed by atoms with Gasteiger partial charge in [0, 0.05) is 0 Å². The molecule has 104 valence electrons. The number of nitrogens with one attached hydrogen (secondary N) is 1. The number of carbonyl (C=O) groups excluding carboxylic acids is 2. The maximum absolute atomic E-state index is 11.5. The van der Waals surface area contributed by atoms with Gasteiger partial charge in [-0.1, -0.05) is 6.07 Å². The average Bonchev–Trinajstić information content (AvgIpc) is 2.38. The van der Waals surface area contributed by atoms with Crippen molar-refractivity contribution >= 4 is 11.8 Å².